The van der Waals surface area contributed by atoms with Crippen molar-refractivity contribution < 1.29 is 49.0 Å². The average Bonchev–Trinajstić information content (AvgIpc) is 2.91. The Bertz CT molecular complexity index is 1260. The van der Waals surface area contributed by atoms with Crippen molar-refractivity contribution in [2.24, 2.45) is 11.8 Å². The molecule has 0 radical (unpaired) electrons. The van der Waals surface area contributed by atoms with E-state index in [4.69, 9.17) is 9.47 Å². The smallest absolute Gasteiger partial charge is 0.422 e. The van der Waals surface area contributed by atoms with E-state index < -0.39 is 52.8 Å². The highest BCUT2D eigenvalue weighted by molar-refractivity contribution is 5.33. The van der Waals surface area contributed by atoms with Gasteiger partial charge in [0, 0.05) is 12.1 Å². The summed E-state index contributed by atoms with van der Waals surface area (Å²) >= 11 is 0. The summed E-state index contributed by atoms with van der Waals surface area (Å²) in [6.07, 6.45) is 1.28. The monoisotopic (exact) mass is 620 g/mol. The Kier molecular flexibility index (Phi) is 10.6. The molecule has 43 heavy (non-hydrogen) atoms. The van der Waals surface area contributed by atoms with Crippen LogP contribution in [0.25, 0.3) is 0 Å². The van der Waals surface area contributed by atoms with E-state index in [-0.39, 0.29) is 48.5 Å². The van der Waals surface area contributed by atoms with Gasteiger partial charge in [-0.05, 0) is 93.7 Å². The number of hydrogen-bond acceptors (Lipinski definition) is 2. The largest absolute Gasteiger partial charge is 0.489 e. The lowest BCUT2D eigenvalue weighted by Gasteiger charge is -2.31. The molecule has 0 unspecified atom stereocenters. The summed E-state index contributed by atoms with van der Waals surface area (Å²) in [5.41, 5.74) is -3.12. The summed E-state index contributed by atoms with van der Waals surface area (Å²) in [7, 11) is 0. The molecule has 0 aliphatic heterocycles. The van der Waals surface area contributed by atoms with Gasteiger partial charge in [-0.1, -0.05) is 24.3 Å². The maximum Gasteiger partial charge on any atom is 0.422 e. The van der Waals surface area contributed by atoms with Crippen molar-refractivity contribution in [1.82, 2.24) is 0 Å². The zero-order valence-electron chi connectivity index (χ0n) is 23.5. The maximum atomic E-state index is 14.8. The highest BCUT2D eigenvalue weighted by Crippen LogP contribution is 2.42. The van der Waals surface area contributed by atoms with Gasteiger partial charge in [0.2, 0.25) is 0 Å². The summed E-state index contributed by atoms with van der Waals surface area (Å²) in [4.78, 5) is 0. The van der Waals surface area contributed by atoms with Gasteiger partial charge in [0.05, 0.1) is 6.10 Å². The minimum Gasteiger partial charge on any atom is -0.489 e. The van der Waals surface area contributed by atoms with Gasteiger partial charge in [-0.2, -0.15) is 22.0 Å². The highest BCUT2D eigenvalue weighted by atomic mass is 19.4. The number of allylic oxidation sites excluding steroid dienone is 3. The molecule has 2 aliphatic carbocycles. The van der Waals surface area contributed by atoms with Gasteiger partial charge < -0.3 is 9.47 Å². The molecule has 2 fully saturated rings. The topological polar surface area (TPSA) is 18.5 Å². The Balaban J connectivity index is 1.26. The normalized spacial score (nSPS) is 23.8. The quantitative estimate of drug-likeness (QED) is 0.205. The summed E-state index contributed by atoms with van der Waals surface area (Å²) in [6, 6.07) is 2.95. The van der Waals surface area contributed by atoms with Crippen LogP contribution < -0.4 is 4.74 Å². The first-order valence-corrected chi connectivity index (χ1v) is 14.3. The number of benzene rings is 2. The van der Waals surface area contributed by atoms with Gasteiger partial charge in [0.15, 0.2) is 0 Å². The Hall–Kier alpha value is -2.95. The van der Waals surface area contributed by atoms with E-state index in [1.165, 1.54) is 0 Å². The molecule has 2 nitrogen and oxygen atoms in total. The first-order chi connectivity index (χ1) is 20.3. The molecule has 0 heterocycles. The molecule has 0 aromatic heterocycles. The highest BCUT2D eigenvalue weighted by Gasteiger charge is 2.43. The molecule has 0 amide bonds. The van der Waals surface area contributed by atoms with Crippen LogP contribution in [0.5, 0.6) is 5.75 Å². The average molecular weight is 621 g/mol. The Morgan fingerprint density at radius 1 is 0.698 bits per heavy atom. The molecule has 236 valence electrons. The van der Waals surface area contributed by atoms with Crippen LogP contribution in [0.2, 0.25) is 0 Å². The molecule has 11 heteroatoms. The minimum absolute atomic E-state index is 0.0335. The molecule has 0 N–H and O–H groups in total. The summed E-state index contributed by atoms with van der Waals surface area (Å²) in [5.74, 6) is -6.32. The Morgan fingerprint density at radius 3 is 1.67 bits per heavy atom. The molecule has 4 rings (SSSR count). The second-order valence-electron chi connectivity index (χ2n) is 11.2. The fourth-order valence-corrected chi connectivity index (χ4v) is 5.88. The van der Waals surface area contributed by atoms with Gasteiger partial charge in [0.1, 0.15) is 46.8 Å². The summed E-state index contributed by atoms with van der Waals surface area (Å²) < 4.78 is 135. The van der Waals surface area contributed by atoms with E-state index in [1.807, 2.05) is 12.2 Å². The zero-order valence-corrected chi connectivity index (χ0v) is 23.5. The van der Waals surface area contributed by atoms with Gasteiger partial charge in [-0.3, -0.25) is 0 Å². The van der Waals surface area contributed by atoms with Crippen molar-refractivity contribution >= 4 is 0 Å². The van der Waals surface area contributed by atoms with Crippen LogP contribution in [0.15, 0.2) is 48.6 Å². The van der Waals surface area contributed by atoms with Crippen LogP contribution in [-0.2, 0) is 17.0 Å². The third-order valence-corrected chi connectivity index (χ3v) is 8.17. The molecule has 0 spiro atoms. The van der Waals surface area contributed by atoms with Crippen molar-refractivity contribution in [3.8, 4) is 5.75 Å². The number of alkyl halides is 5. The SMILES string of the molecule is C/C=C/COc1cc(F)c(C(F)(F)OC2CCC(/C=C/C3CCC(c4cc(F)c(C(F)(F)F)c(F)c4)CC3)CC2)c(F)c1. The summed E-state index contributed by atoms with van der Waals surface area (Å²) in [6.45, 7) is 1.76. The van der Waals surface area contributed by atoms with Crippen molar-refractivity contribution in [3.05, 3.63) is 88.5 Å². The maximum absolute atomic E-state index is 14.8. The second-order valence-corrected chi connectivity index (χ2v) is 11.2. The zero-order chi connectivity index (χ0) is 31.4. The van der Waals surface area contributed by atoms with E-state index in [2.05, 4.69) is 0 Å². The van der Waals surface area contributed by atoms with Crippen LogP contribution >= 0.6 is 0 Å². The molecule has 2 aromatic rings. The predicted octanol–water partition coefficient (Wildman–Crippen LogP) is 10.4. The van der Waals surface area contributed by atoms with E-state index in [9.17, 15) is 39.5 Å². The van der Waals surface area contributed by atoms with Crippen LogP contribution in [0.3, 0.4) is 0 Å². The number of hydrogen-bond donors (Lipinski definition) is 0. The molecule has 0 atom stereocenters. The first kappa shape index (κ1) is 33.0. The number of halogens is 9. The lowest BCUT2D eigenvalue weighted by atomic mass is 9.77. The van der Waals surface area contributed by atoms with Crippen molar-refractivity contribution in [2.75, 3.05) is 6.61 Å². The van der Waals surface area contributed by atoms with Crippen LogP contribution in [0.4, 0.5) is 39.5 Å². The number of ether oxygens (including phenoxy) is 2. The Morgan fingerprint density at radius 2 is 1.19 bits per heavy atom. The second kappa shape index (κ2) is 13.8. The lowest BCUT2D eigenvalue weighted by molar-refractivity contribution is -0.280. The minimum atomic E-state index is -5.11. The fraction of sp³-hybridized carbons (Fsp3) is 0.500. The number of rotatable bonds is 9. The molecule has 2 aromatic carbocycles. The Labute approximate surface area is 244 Å². The van der Waals surface area contributed by atoms with Gasteiger partial charge in [-0.25, -0.2) is 17.6 Å². The van der Waals surface area contributed by atoms with E-state index in [0.29, 0.717) is 50.7 Å². The molecular formula is C32H33F9O2. The van der Waals surface area contributed by atoms with E-state index in [1.54, 1.807) is 19.1 Å². The molecular weight excluding hydrogens is 587 g/mol. The van der Waals surface area contributed by atoms with E-state index >= 15 is 0 Å². The van der Waals surface area contributed by atoms with Gasteiger partial charge in [-0.15, -0.1) is 0 Å². The lowest BCUT2D eigenvalue weighted by Crippen LogP contribution is -2.31. The van der Waals surface area contributed by atoms with Crippen LogP contribution in [0, 0.1) is 35.1 Å². The van der Waals surface area contributed by atoms with E-state index in [0.717, 1.165) is 12.1 Å². The predicted molar refractivity (Wildman–Crippen MR) is 143 cm³/mol. The van der Waals surface area contributed by atoms with Gasteiger partial charge in [0.25, 0.3) is 0 Å². The van der Waals surface area contributed by atoms with Crippen LogP contribution in [0.1, 0.15) is 80.9 Å². The van der Waals surface area contributed by atoms with Crippen molar-refractivity contribution in [2.45, 2.75) is 82.6 Å². The first-order valence-electron chi connectivity index (χ1n) is 14.3. The third-order valence-electron chi connectivity index (χ3n) is 8.17. The molecule has 0 saturated heterocycles. The van der Waals surface area contributed by atoms with Gasteiger partial charge >= 0.3 is 12.3 Å². The molecule has 2 aliphatic rings. The fourth-order valence-electron chi connectivity index (χ4n) is 5.88. The standard InChI is InChI=1S/C32H33F9O2/c1-2-3-14-42-24-17-27(35)30(28(36)18-24)32(40,41)43-23-12-8-20(9-13-23)5-4-19-6-10-21(11-7-19)22-15-25(33)29(26(34)16-22)31(37,38)39/h2-5,15-21,23H,6-14H2,1H3/b3-2+,5-4+. The molecule has 0 bridgehead atoms. The van der Waals surface area contributed by atoms with Crippen molar-refractivity contribution in [1.29, 1.82) is 0 Å². The summed E-state index contributed by atoms with van der Waals surface area (Å²) in [5, 5.41) is 0. The van der Waals surface area contributed by atoms with Crippen LogP contribution in [-0.4, -0.2) is 12.7 Å². The third kappa shape index (κ3) is 8.37. The van der Waals surface area contributed by atoms with Crippen molar-refractivity contribution in [3.63, 3.8) is 0 Å². The molecule has 2 saturated carbocycles.